The highest BCUT2D eigenvalue weighted by atomic mass is 16.7. The van der Waals surface area contributed by atoms with Crippen LogP contribution in [0.2, 0.25) is 0 Å². The normalized spacial score (nSPS) is 22.5. The summed E-state index contributed by atoms with van der Waals surface area (Å²) in [5.41, 5.74) is 0.880. The number of Topliss-reactive ketones (excluding diaryl/α,β-unsaturated/α-hetero) is 2. The summed E-state index contributed by atoms with van der Waals surface area (Å²) in [5, 5.41) is 2.04. The first-order valence-electron chi connectivity index (χ1n) is 8.21. The molecule has 5 heteroatoms. The number of ether oxygens (including phenoxy) is 2. The van der Waals surface area contributed by atoms with E-state index in [0.29, 0.717) is 0 Å². The van der Waals surface area contributed by atoms with E-state index in [1.807, 2.05) is 42.5 Å². The van der Waals surface area contributed by atoms with Crippen molar-refractivity contribution in [3.8, 4) is 0 Å². The van der Waals surface area contributed by atoms with Gasteiger partial charge in [-0.05, 0) is 30.2 Å². The quantitative estimate of drug-likeness (QED) is 0.618. The topological polar surface area (TPSA) is 69.7 Å². The van der Waals surface area contributed by atoms with Crippen molar-refractivity contribution in [1.29, 1.82) is 0 Å². The SMILES string of the molecule is CC1(C)OCC(C(=O)Cc2cccc3ccccc23)C(C(=O)C=O)O1. The summed E-state index contributed by atoms with van der Waals surface area (Å²) in [6, 6.07) is 13.6. The van der Waals surface area contributed by atoms with Gasteiger partial charge in [-0.25, -0.2) is 0 Å². The number of benzene rings is 2. The van der Waals surface area contributed by atoms with Crippen LogP contribution in [0.5, 0.6) is 0 Å². The van der Waals surface area contributed by atoms with Crippen LogP contribution in [0.3, 0.4) is 0 Å². The third kappa shape index (κ3) is 3.67. The molecule has 1 aliphatic heterocycles. The molecule has 0 saturated carbocycles. The van der Waals surface area contributed by atoms with E-state index in [4.69, 9.17) is 9.47 Å². The van der Waals surface area contributed by atoms with Crippen molar-refractivity contribution < 1.29 is 23.9 Å². The van der Waals surface area contributed by atoms with Gasteiger partial charge in [-0.15, -0.1) is 0 Å². The predicted molar refractivity (Wildman–Crippen MR) is 92.1 cm³/mol. The molecule has 2 atom stereocenters. The highest BCUT2D eigenvalue weighted by molar-refractivity contribution is 6.28. The van der Waals surface area contributed by atoms with Gasteiger partial charge < -0.3 is 9.47 Å². The Bertz CT molecular complexity index is 818. The minimum absolute atomic E-state index is 0.0564. The lowest BCUT2D eigenvalue weighted by Crippen LogP contribution is -2.52. The van der Waals surface area contributed by atoms with Crippen LogP contribution in [0.25, 0.3) is 10.8 Å². The van der Waals surface area contributed by atoms with Crippen LogP contribution in [0.15, 0.2) is 42.5 Å². The Labute approximate surface area is 145 Å². The molecule has 0 N–H and O–H groups in total. The summed E-state index contributed by atoms with van der Waals surface area (Å²) >= 11 is 0. The number of rotatable bonds is 5. The maximum atomic E-state index is 12.8. The van der Waals surface area contributed by atoms with E-state index in [1.165, 1.54) is 0 Å². The largest absolute Gasteiger partial charge is 0.350 e. The Kier molecular flexibility index (Phi) is 4.79. The number of carbonyl (C=O) groups is 3. The van der Waals surface area contributed by atoms with E-state index in [0.717, 1.165) is 16.3 Å². The summed E-state index contributed by atoms with van der Waals surface area (Å²) < 4.78 is 11.1. The van der Waals surface area contributed by atoms with Crippen molar-refractivity contribution >= 4 is 28.6 Å². The number of hydrogen-bond acceptors (Lipinski definition) is 5. The van der Waals surface area contributed by atoms with E-state index in [2.05, 4.69) is 0 Å². The van der Waals surface area contributed by atoms with Gasteiger partial charge in [-0.3, -0.25) is 14.4 Å². The fraction of sp³-hybridized carbons (Fsp3) is 0.350. The summed E-state index contributed by atoms with van der Waals surface area (Å²) in [4.78, 5) is 35.7. The maximum Gasteiger partial charge on any atom is 0.224 e. The van der Waals surface area contributed by atoms with Crippen molar-refractivity contribution in [2.45, 2.75) is 32.2 Å². The zero-order valence-electron chi connectivity index (χ0n) is 14.2. The van der Waals surface area contributed by atoms with Crippen LogP contribution in [-0.2, 0) is 30.3 Å². The van der Waals surface area contributed by atoms with Gasteiger partial charge in [0.15, 0.2) is 12.1 Å². The smallest absolute Gasteiger partial charge is 0.224 e. The van der Waals surface area contributed by atoms with Crippen LogP contribution in [0.1, 0.15) is 19.4 Å². The standard InChI is InChI=1S/C20H20O5/c1-20(2)24-12-16(19(25-20)18(23)11-21)17(22)10-14-8-5-7-13-6-3-4-9-15(13)14/h3-9,11,16,19H,10,12H2,1-2H3. The van der Waals surface area contributed by atoms with Crippen molar-refractivity contribution in [2.75, 3.05) is 6.61 Å². The van der Waals surface area contributed by atoms with Crippen molar-refractivity contribution in [2.24, 2.45) is 5.92 Å². The lowest BCUT2D eigenvalue weighted by molar-refractivity contribution is -0.280. The fourth-order valence-corrected chi connectivity index (χ4v) is 3.15. The average molecular weight is 340 g/mol. The molecule has 2 aromatic carbocycles. The van der Waals surface area contributed by atoms with Crippen LogP contribution in [-0.4, -0.2) is 36.4 Å². The van der Waals surface area contributed by atoms with Crippen LogP contribution in [0.4, 0.5) is 0 Å². The molecule has 1 heterocycles. The zero-order chi connectivity index (χ0) is 18.0. The van der Waals surface area contributed by atoms with E-state index >= 15 is 0 Å². The molecular formula is C20H20O5. The number of hydrogen-bond donors (Lipinski definition) is 0. The molecule has 5 nitrogen and oxygen atoms in total. The van der Waals surface area contributed by atoms with Crippen molar-refractivity contribution in [3.63, 3.8) is 0 Å². The van der Waals surface area contributed by atoms with Gasteiger partial charge in [0.1, 0.15) is 11.9 Å². The molecular weight excluding hydrogens is 320 g/mol. The molecule has 0 aliphatic carbocycles. The molecule has 0 amide bonds. The highest BCUT2D eigenvalue weighted by Gasteiger charge is 2.43. The second-order valence-electron chi connectivity index (χ2n) is 6.66. The molecule has 0 aromatic heterocycles. The van der Waals surface area contributed by atoms with Gasteiger partial charge in [0.05, 0.1) is 12.5 Å². The first kappa shape index (κ1) is 17.5. The lowest BCUT2D eigenvalue weighted by Gasteiger charge is -2.39. The van der Waals surface area contributed by atoms with E-state index in [9.17, 15) is 14.4 Å². The van der Waals surface area contributed by atoms with E-state index in [1.54, 1.807) is 13.8 Å². The Morgan fingerprint density at radius 1 is 1.16 bits per heavy atom. The molecule has 2 unspecified atom stereocenters. The van der Waals surface area contributed by atoms with Crippen LogP contribution >= 0.6 is 0 Å². The molecule has 3 rings (SSSR count). The monoisotopic (exact) mass is 340 g/mol. The molecule has 1 aliphatic rings. The van der Waals surface area contributed by atoms with Crippen molar-refractivity contribution in [1.82, 2.24) is 0 Å². The average Bonchev–Trinajstić information content (AvgIpc) is 2.60. The zero-order valence-corrected chi connectivity index (χ0v) is 14.2. The summed E-state index contributed by atoms with van der Waals surface area (Å²) in [6.07, 6.45) is -0.727. The Balaban J connectivity index is 1.86. The molecule has 1 fully saturated rings. The number of ketones is 2. The minimum atomic E-state index is -1.09. The molecule has 0 bridgehead atoms. The second kappa shape index (κ2) is 6.86. The summed E-state index contributed by atoms with van der Waals surface area (Å²) in [5.74, 6) is -2.69. The fourth-order valence-electron chi connectivity index (χ4n) is 3.15. The van der Waals surface area contributed by atoms with Crippen LogP contribution in [0, 0.1) is 5.92 Å². The van der Waals surface area contributed by atoms with E-state index in [-0.39, 0.29) is 25.1 Å². The minimum Gasteiger partial charge on any atom is -0.350 e. The molecule has 0 spiro atoms. The Morgan fingerprint density at radius 3 is 2.64 bits per heavy atom. The molecule has 0 radical (unpaired) electrons. The Hall–Kier alpha value is -2.37. The summed E-state index contributed by atoms with van der Waals surface area (Å²) in [7, 11) is 0. The van der Waals surface area contributed by atoms with Gasteiger partial charge >= 0.3 is 0 Å². The van der Waals surface area contributed by atoms with E-state index < -0.39 is 23.6 Å². The van der Waals surface area contributed by atoms with Gasteiger partial charge in [-0.2, -0.15) is 0 Å². The molecule has 130 valence electrons. The van der Waals surface area contributed by atoms with Gasteiger partial charge in [0.2, 0.25) is 5.78 Å². The third-order valence-electron chi connectivity index (χ3n) is 4.44. The van der Waals surface area contributed by atoms with Gasteiger partial charge in [-0.1, -0.05) is 42.5 Å². The summed E-state index contributed by atoms with van der Waals surface area (Å²) in [6.45, 7) is 3.37. The van der Waals surface area contributed by atoms with Gasteiger partial charge in [0.25, 0.3) is 0 Å². The Morgan fingerprint density at radius 2 is 1.88 bits per heavy atom. The van der Waals surface area contributed by atoms with Gasteiger partial charge in [0, 0.05) is 6.42 Å². The number of carbonyl (C=O) groups excluding carboxylic acids is 3. The number of aldehydes is 1. The number of fused-ring (bicyclic) bond motifs is 1. The second-order valence-corrected chi connectivity index (χ2v) is 6.66. The maximum absolute atomic E-state index is 12.8. The third-order valence-corrected chi connectivity index (χ3v) is 4.44. The first-order chi connectivity index (χ1) is 11.9. The van der Waals surface area contributed by atoms with Crippen LogP contribution < -0.4 is 0 Å². The lowest BCUT2D eigenvalue weighted by atomic mass is 9.89. The predicted octanol–water partition coefficient (Wildman–Crippen LogP) is 2.49. The first-order valence-corrected chi connectivity index (χ1v) is 8.21. The van der Waals surface area contributed by atoms with Crippen molar-refractivity contribution in [3.05, 3.63) is 48.0 Å². The highest BCUT2D eigenvalue weighted by Crippen LogP contribution is 2.29. The molecule has 2 aromatic rings. The molecule has 1 saturated heterocycles. The molecule has 25 heavy (non-hydrogen) atoms.